The average molecular weight is 388 g/mol. The van der Waals surface area contributed by atoms with E-state index in [0.717, 1.165) is 5.56 Å². The van der Waals surface area contributed by atoms with Crippen molar-refractivity contribution < 1.29 is 8.42 Å². The monoisotopic (exact) mass is 387 g/mol. The molecule has 0 aliphatic heterocycles. The Kier molecular flexibility index (Phi) is 7.42. The third-order valence-electron chi connectivity index (χ3n) is 4.27. The van der Waals surface area contributed by atoms with Crippen molar-refractivity contribution in [3.8, 4) is 11.1 Å². The van der Waals surface area contributed by atoms with Gasteiger partial charge in [-0.05, 0) is 43.0 Å². The van der Waals surface area contributed by atoms with Crippen LogP contribution in [0.4, 0.5) is 0 Å². The van der Waals surface area contributed by atoms with E-state index in [1.807, 2.05) is 6.92 Å². The maximum Gasteiger partial charge on any atom is 0.191 e. The summed E-state index contributed by atoms with van der Waals surface area (Å²) in [5.74, 6) is 0.827. The lowest BCUT2D eigenvalue weighted by molar-refractivity contribution is 0.581. The summed E-state index contributed by atoms with van der Waals surface area (Å²) < 4.78 is 22.6. The lowest BCUT2D eigenvalue weighted by Crippen LogP contribution is -2.42. The van der Waals surface area contributed by atoms with Crippen LogP contribution >= 0.6 is 0 Å². The van der Waals surface area contributed by atoms with Crippen LogP contribution in [0.15, 0.2) is 53.5 Å². The van der Waals surface area contributed by atoms with Gasteiger partial charge in [-0.25, -0.2) is 8.42 Å². The number of rotatable bonds is 7. The summed E-state index contributed by atoms with van der Waals surface area (Å²) in [4.78, 5) is 4.22. The van der Waals surface area contributed by atoms with Crippen LogP contribution in [0.3, 0.4) is 0 Å². The molecule has 0 spiro atoms. The molecule has 0 bridgehead atoms. The van der Waals surface area contributed by atoms with E-state index in [9.17, 15) is 8.42 Å². The second kappa shape index (κ2) is 9.55. The molecule has 0 aromatic heterocycles. The van der Waals surface area contributed by atoms with Crippen molar-refractivity contribution in [2.24, 2.45) is 4.99 Å². The molecule has 2 N–H and O–H groups in total. The Balaban J connectivity index is 1.95. The summed E-state index contributed by atoms with van der Waals surface area (Å²) in [6.45, 7) is 4.68. The maximum atomic E-state index is 11.3. The predicted molar refractivity (Wildman–Crippen MR) is 114 cm³/mol. The van der Waals surface area contributed by atoms with E-state index >= 15 is 0 Å². The Morgan fingerprint density at radius 2 is 1.78 bits per heavy atom. The van der Waals surface area contributed by atoms with Crippen LogP contribution in [0.25, 0.3) is 11.1 Å². The SMILES string of the molecule is CN=C(NCc1cccc(-c2cccc(C)c2)c1)NC(C)CCS(C)(=O)=O. The number of nitrogens with zero attached hydrogens (tertiary/aromatic N) is 1. The van der Waals surface area contributed by atoms with Crippen molar-refractivity contribution in [3.05, 3.63) is 59.7 Å². The quantitative estimate of drug-likeness (QED) is 0.566. The highest BCUT2D eigenvalue weighted by Crippen LogP contribution is 2.21. The number of aliphatic imine (C=N–C) groups is 1. The van der Waals surface area contributed by atoms with Crippen LogP contribution in [-0.4, -0.2) is 39.5 Å². The molecule has 0 saturated carbocycles. The molecule has 0 aliphatic carbocycles. The summed E-state index contributed by atoms with van der Waals surface area (Å²) in [5, 5.41) is 6.53. The fraction of sp³-hybridized carbons (Fsp3) is 0.381. The van der Waals surface area contributed by atoms with Crippen molar-refractivity contribution >= 4 is 15.8 Å². The van der Waals surface area contributed by atoms with Gasteiger partial charge in [0.15, 0.2) is 5.96 Å². The van der Waals surface area contributed by atoms with Gasteiger partial charge in [-0.3, -0.25) is 4.99 Å². The van der Waals surface area contributed by atoms with Crippen LogP contribution in [0, 0.1) is 6.92 Å². The van der Waals surface area contributed by atoms with Gasteiger partial charge in [-0.1, -0.05) is 48.0 Å². The molecule has 2 aromatic rings. The Labute approximate surface area is 162 Å². The molecule has 2 aromatic carbocycles. The summed E-state index contributed by atoms with van der Waals surface area (Å²) in [5.41, 5.74) is 4.78. The molecule has 1 unspecified atom stereocenters. The van der Waals surface area contributed by atoms with E-state index in [-0.39, 0.29) is 11.8 Å². The second-order valence-electron chi connectivity index (χ2n) is 6.96. The number of hydrogen-bond donors (Lipinski definition) is 2. The van der Waals surface area contributed by atoms with Gasteiger partial charge in [0.25, 0.3) is 0 Å². The highest BCUT2D eigenvalue weighted by atomic mass is 32.2. The van der Waals surface area contributed by atoms with Gasteiger partial charge in [-0.15, -0.1) is 0 Å². The van der Waals surface area contributed by atoms with Gasteiger partial charge in [-0.2, -0.15) is 0 Å². The van der Waals surface area contributed by atoms with E-state index in [0.29, 0.717) is 18.9 Å². The molecule has 0 radical (unpaired) electrons. The first-order valence-electron chi connectivity index (χ1n) is 9.08. The molecule has 5 nitrogen and oxygen atoms in total. The maximum absolute atomic E-state index is 11.3. The van der Waals surface area contributed by atoms with E-state index in [2.05, 4.69) is 71.1 Å². The normalized spacial score (nSPS) is 13.3. The molecule has 6 heteroatoms. The van der Waals surface area contributed by atoms with Crippen molar-refractivity contribution in [1.82, 2.24) is 10.6 Å². The van der Waals surface area contributed by atoms with Gasteiger partial charge in [0, 0.05) is 25.9 Å². The third-order valence-corrected chi connectivity index (χ3v) is 5.24. The number of sulfone groups is 1. The number of benzene rings is 2. The van der Waals surface area contributed by atoms with Crippen LogP contribution in [0.2, 0.25) is 0 Å². The lowest BCUT2D eigenvalue weighted by atomic mass is 10.0. The zero-order valence-corrected chi connectivity index (χ0v) is 17.3. The standard InChI is InChI=1S/C21H29N3O2S/c1-16-7-5-9-19(13-16)20-10-6-8-18(14-20)15-23-21(22-3)24-17(2)11-12-27(4,25)26/h5-10,13-14,17H,11-12,15H2,1-4H3,(H2,22,23,24). The number of hydrogen-bond acceptors (Lipinski definition) is 3. The highest BCUT2D eigenvalue weighted by molar-refractivity contribution is 7.90. The molecule has 0 fully saturated rings. The highest BCUT2D eigenvalue weighted by Gasteiger charge is 2.09. The Morgan fingerprint density at radius 1 is 1.11 bits per heavy atom. The van der Waals surface area contributed by atoms with Crippen molar-refractivity contribution in [2.45, 2.75) is 32.9 Å². The smallest absolute Gasteiger partial charge is 0.191 e. The minimum absolute atomic E-state index is 0.0181. The predicted octanol–water partition coefficient (Wildman–Crippen LogP) is 3.15. The molecule has 2 rings (SSSR count). The fourth-order valence-electron chi connectivity index (χ4n) is 2.76. The number of guanidine groups is 1. The van der Waals surface area contributed by atoms with Crippen LogP contribution in [0.5, 0.6) is 0 Å². The molecule has 27 heavy (non-hydrogen) atoms. The van der Waals surface area contributed by atoms with Crippen molar-refractivity contribution in [1.29, 1.82) is 0 Å². The van der Waals surface area contributed by atoms with Crippen molar-refractivity contribution in [2.75, 3.05) is 19.1 Å². The minimum atomic E-state index is -2.95. The average Bonchev–Trinajstić information content (AvgIpc) is 2.63. The van der Waals surface area contributed by atoms with Gasteiger partial charge in [0.05, 0.1) is 5.75 Å². The van der Waals surface area contributed by atoms with E-state index < -0.39 is 9.84 Å². The number of nitrogens with one attached hydrogen (secondary N) is 2. The first-order chi connectivity index (χ1) is 12.8. The zero-order chi connectivity index (χ0) is 19.9. The molecule has 1 atom stereocenters. The first kappa shape index (κ1) is 21.0. The van der Waals surface area contributed by atoms with E-state index in [1.165, 1.54) is 22.9 Å². The molecule has 0 saturated heterocycles. The first-order valence-corrected chi connectivity index (χ1v) is 11.1. The molecular formula is C21H29N3O2S. The Morgan fingerprint density at radius 3 is 2.41 bits per heavy atom. The summed E-state index contributed by atoms with van der Waals surface area (Å²) in [7, 11) is -1.24. The Bertz CT molecular complexity index is 892. The van der Waals surface area contributed by atoms with Gasteiger partial charge < -0.3 is 10.6 Å². The Hall–Kier alpha value is -2.34. The molecule has 0 amide bonds. The van der Waals surface area contributed by atoms with Crippen LogP contribution in [0.1, 0.15) is 24.5 Å². The molecule has 0 aliphatic rings. The van der Waals surface area contributed by atoms with Crippen LogP contribution in [-0.2, 0) is 16.4 Å². The molecular weight excluding hydrogens is 358 g/mol. The second-order valence-corrected chi connectivity index (χ2v) is 9.22. The topological polar surface area (TPSA) is 70.6 Å². The minimum Gasteiger partial charge on any atom is -0.354 e. The van der Waals surface area contributed by atoms with Gasteiger partial charge in [0.1, 0.15) is 9.84 Å². The lowest BCUT2D eigenvalue weighted by Gasteiger charge is -2.18. The van der Waals surface area contributed by atoms with Crippen molar-refractivity contribution in [3.63, 3.8) is 0 Å². The molecule has 0 heterocycles. The van der Waals surface area contributed by atoms with E-state index in [4.69, 9.17) is 0 Å². The fourth-order valence-corrected chi connectivity index (χ4v) is 3.54. The zero-order valence-electron chi connectivity index (χ0n) is 16.5. The van der Waals surface area contributed by atoms with Crippen LogP contribution < -0.4 is 10.6 Å². The molecule has 146 valence electrons. The summed E-state index contributed by atoms with van der Waals surface area (Å²) >= 11 is 0. The third kappa shape index (κ3) is 7.43. The summed E-state index contributed by atoms with van der Waals surface area (Å²) in [6, 6.07) is 16.9. The number of aryl methyl sites for hydroxylation is 1. The van der Waals surface area contributed by atoms with Gasteiger partial charge >= 0.3 is 0 Å². The van der Waals surface area contributed by atoms with E-state index in [1.54, 1.807) is 7.05 Å². The van der Waals surface area contributed by atoms with Gasteiger partial charge in [0.2, 0.25) is 0 Å². The summed E-state index contributed by atoms with van der Waals surface area (Å²) in [6.07, 6.45) is 1.80. The largest absolute Gasteiger partial charge is 0.354 e.